The van der Waals surface area contributed by atoms with Gasteiger partial charge in [-0.05, 0) is 31.5 Å². The normalized spacial score (nSPS) is 23.3. The fourth-order valence-electron chi connectivity index (χ4n) is 3.41. The van der Waals surface area contributed by atoms with E-state index in [1.54, 1.807) is 6.07 Å². The molecule has 0 spiro atoms. The van der Waals surface area contributed by atoms with Crippen LogP contribution in [0.15, 0.2) is 23.3 Å². The van der Waals surface area contributed by atoms with Gasteiger partial charge in [-0.1, -0.05) is 6.07 Å². The zero-order valence-corrected chi connectivity index (χ0v) is 15.9. The highest BCUT2D eigenvalue weighted by atomic mass is 19.1. The highest BCUT2D eigenvalue weighted by Crippen LogP contribution is 2.24. The first-order chi connectivity index (χ1) is 12.8. The number of amides is 2. The number of halogens is 1. The molecular weight excluding hydrogens is 351 g/mol. The minimum Gasteiger partial charge on any atom is -0.372 e. The smallest absolute Gasteiger partial charge is 0.267 e. The molecule has 0 aromatic heterocycles. The quantitative estimate of drug-likeness (QED) is 0.867. The molecule has 8 heteroatoms. The van der Waals surface area contributed by atoms with Crippen LogP contribution in [0.25, 0.3) is 0 Å². The summed E-state index contributed by atoms with van der Waals surface area (Å²) in [5, 5.41) is 7.89. The summed E-state index contributed by atoms with van der Waals surface area (Å²) in [6, 6.07) is 4.99. The van der Waals surface area contributed by atoms with E-state index in [0.717, 1.165) is 0 Å². The molecular formula is C19H25FN4O3. The Labute approximate surface area is 158 Å². The third-order valence-electron chi connectivity index (χ3n) is 4.69. The Bertz CT molecular complexity index is 757. The molecule has 27 heavy (non-hydrogen) atoms. The molecule has 2 heterocycles. The summed E-state index contributed by atoms with van der Waals surface area (Å²) in [6.45, 7) is 5.43. The predicted octanol–water partition coefficient (Wildman–Crippen LogP) is 1.66. The van der Waals surface area contributed by atoms with Crippen LogP contribution in [0.5, 0.6) is 0 Å². The van der Waals surface area contributed by atoms with Crippen molar-refractivity contribution >= 4 is 23.2 Å². The van der Waals surface area contributed by atoms with Gasteiger partial charge in [-0.25, -0.2) is 9.40 Å². The molecule has 2 amide bonds. The monoisotopic (exact) mass is 376 g/mol. The molecule has 3 rings (SSSR count). The summed E-state index contributed by atoms with van der Waals surface area (Å²) in [4.78, 5) is 25.6. The number of hydrazone groups is 1. The maximum Gasteiger partial charge on any atom is 0.267 e. The molecule has 1 aromatic rings. The maximum absolute atomic E-state index is 14.6. The zero-order chi connectivity index (χ0) is 19.6. The second kappa shape index (κ2) is 8.04. The van der Waals surface area contributed by atoms with Crippen molar-refractivity contribution in [2.45, 2.75) is 45.4 Å². The van der Waals surface area contributed by atoms with Gasteiger partial charge in [0.15, 0.2) is 0 Å². The van der Waals surface area contributed by atoms with Crippen molar-refractivity contribution in [3.8, 4) is 0 Å². The summed E-state index contributed by atoms with van der Waals surface area (Å²) in [7, 11) is 1.52. The van der Waals surface area contributed by atoms with E-state index < -0.39 is 0 Å². The van der Waals surface area contributed by atoms with Gasteiger partial charge in [-0.2, -0.15) is 5.10 Å². The average molecular weight is 376 g/mol. The van der Waals surface area contributed by atoms with Gasteiger partial charge in [-0.15, -0.1) is 0 Å². The lowest BCUT2D eigenvalue weighted by molar-refractivity contribution is -0.130. The van der Waals surface area contributed by atoms with Crippen LogP contribution in [-0.2, 0) is 20.9 Å². The number of hydrogen-bond acceptors (Lipinski definition) is 5. The molecule has 146 valence electrons. The first-order valence-corrected chi connectivity index (χ1v) is 9.14. The van der Waals surface area contributed by atoms with Crippen molar-refractivity contribution < 1.29 is 18.7 Å². The van der Waals surface area contributed by atoms with E-state index >= 15 is 0 Å². The van der Waals surface area contributed by atoms with Crippen LogP contribution in [0.3, 0.4) is 0 Å². The van der Waals surface area contributed by atoms with Gasteiger partial charge in [0.25, 0.3) is 5.91 Å². The molecule has 0 bridgehead atoms. The van der Waals surface area contributed by atoms with Crippen molar-refractivity contribution in [1.29, 1.82) is 0 Å². The van der Waals surface area contributed by atoms with Crippen molar-refractivity contribution in [2.75, 3.05) is 25.0 Å². The maximum atomic E-state index is 14.6. The van der Waals surface area contributed by atoms with E-state index in [1.807, 2.05) is 24.8 Å². The van der Waals surface area contributed by atoms with E-state index in [9.17, 15) is 14.0 Å². The standard InChI is InChI=1S/C19H25FN4O3/c1-12-10-24(11-13(2)27-12)17-6-4-14(8-15(17)20)9-21-19(26)16-5-7-18(25)23(3)22-16/h4,6,8,12-13H,5,7,9-11H2,1-3H3,(H,21,26)/t12-,13+. The van der Waals surface area contributed by atoms with E-state index in [-0.39, 0.29) is 42.8 Å². The van der Waals surface area contributed by atoms with Crippen LogP contribution < -0.4 is 10.2 Å². The number of nitrogens with one attached hydrogen (secondary N) is 1. The Kier molecular flexibility index (Phi) is 5.74. The lowest BCUT2D eigenvalue weighted by atomic mass is 10.1. The molecule has 1 aromatic carbocycles. The second-order valence-corrected chi connectivity index (χ2v) is 7.09. The highest BCUT2D eigenvalue weighted by Gasteiger charge is 2.25. The van der Waals surface area contributed by atoms with Gasteiger partial charge in [0, 0.05) is 39.5 Å². The van der Waals surface area contributed by atoms with E-state index in [4.69, 9.17) is 4.74 Å². The molecule has 7 nitrogen and oxygen atoms in total. The van der Waals surface area contributed by atoms with Crippen LogP contribution in [0.2, 0.25) is 0 Å². The number of morpholine rings is 1. The third-order valence-corrected chi connectivity index (χ3v) is 4.69. The molecule has 0 aliphatic carbocycles. The van der Waals surface area contributed by atoms with Crippen LogP contribution in [0.1, 0.15) is 32.3 Å². The zero-order valence-electron chi connectivity index (χ0n) is 15.9. The fourth-order valence-corrected chi connectivity index (χ4v) is 3.41. The Hall–Kier alpha value is -2.48. The van der Waals surface area contributed by atoms with Gasteiger partial charge in [0.1, 0.15) is 11.5 Å². The average Bonchev–Trinajstić information content (AvgIpc) is 2.61. The Morgan fingerprint density at radius 3 is 2.63 bits per heavy atom. The summed E-state index contributed by atoms with van der Waals surface area (Å²) in [5.41, 5.74) is 1.52. The minimum atomic E-state index is -0.338. The van der Waals surface area contributed by atoms with E-state index in [1.165, 1.54) is 18.1 Å². The number of carbonyl (C=O) groups is 2. The number of ether oxygens (including phenoxy) is 1. The summed E-state index contributed by atoms with van der Waals surface area (Å²) in [6.07, 6.45) is 0.680. The topological polar surface area (TPSA) is 74.2 Å². The lowest BCUT2D eigenvalue weighted by Gasteiger charge is -2.37. The third kappa shape index (κ3) is 4.63. The van der Waals surface area contributed by atoms with Crippen LogP contribution in [0, 0.1) is 5.82 Å². The molecule has 1 saturated heterocycles. The molecule has 0 saturated carbocycles. The fraction of sp³-hybridized carbons (Fsp3) is 0.526. The molecule has 0 radical (unpaired) electrons. The van der Waals surface area contributed by atoms with Crippen LogP contribution in [-0.4, -0.2) is 54.9 Å². The lowest BCUT2D eigenvalue weighted by Crippen LogP contribution is -2.45. The first kappa shape index (κ1) is 19.3. The van der Waals surface area contributed by atoms with Gasteiger partial charge >= 0.3 is 0 Å². The Morgan fingerprint density at radius 2 is 2.00 bits per heavy atom. The van der Waals surface area contributed by atoms with Crippen LogP contribution >= 0.6 is 0 Å². The van der Waals surface area contributed by atoms with Crippen LogP contribution in [0.4, 0.5) is 10.1 Å². The SMILES string of the molecule is C[C@@H]1CN(c2ccc(CNC(=O)C3=NN(C)C(=O)CC3)cc2F)C[C@H](C)O1. The molecule has 2 aliphatic rings. The molecule has 1 fully saturated rings. The van der Waals surface area contributed by atoms with E-state index in [0.29, 0.717) is 36.5 Å². The number of anilines is 1. The Balaban J connectivity index is 1.62. The number of nitrogens with zero attached hydrogens (tertiary/aromatic N) is 3. The second-order valence-electron chi connectivity index (χ2n) is 7.09. The summed E-state index contributed by atoms with van der Waals surface area (Å²) >= 11 is 0. The predicted molar refractivity (Wildman–Crippen MR) is 99.9 cm³/mol. The first-order valence-electron chi connectivity index (χ1n) is 9.14. The largest absolute Gasteiger partial charge is 0.372 e. The van der Waals surface area contributed by atoms with Gasteiger partial charge < -0.3 is 15.0 Å². The highest BCUT2D eigenvalue weighted by molar-refractivity contribution is 6.39. The van der Waals surface area contributed by atoms with Gasteiger partial charge in [0.2, 0.25) is 5.91 Å². The van der Waals surface area contributed by atoms with E-state index in [2.05, 4.69) is 10.4 Å². The minimum absolute atomic E-state index is 0.0494. The number of rotatable bonds is 4. The van der Waals surface area contributed by atoms with Gasteiger partial charge in [-0.3, -0.25) is 9.59 Å². The van der Waals surface area contributed by atoms with Crippen molar-refractivity contribution in [3.63, 3.8) is 0 Å². The number of hydrogen-bond donors (Lipinski definition) is 1. The summed E-state index contributed by atoms with van der Waals surface area (Å²) < 4.78 is 20.3. The Morgan fingerprint density at radius 1 is 1.30 bits per heavy atom. The van der Waals surface area contributed by atoms with Gasteiger partial charge in [0.05, 0.1) is 17.9 Å². The molecule has 2 aliphatic heterocycles. The molecule has 0 unspecified atom stereocenters. The van der Waals surface area contributed by atoms with Crippen molar-refractivity contribution in [2.24, 2.45) is 5.10 Å². The van der Waals surface area contributed by atoms with Crippen molar-refractivity contribution in [3.05, 3.63) is 29.6 Å². The summed E-state index contributed by atoms with van der Waals surface area (Å²) in [5.74, 6) is -0.769. The molecule has 1 N–H and O–H groups in total. The number of carbonyl (C=O) groups excluding carboxylic acids is 2. The number of benzene rings is 1. The van der Waals surface area contributed by atoms with Crippen molar-refractivity contribution in [1.82, 2.24) is 10.3 Å². The molecule has 2 atom stereocenters.